The Morgan fingerprint density at radius 2 is 1.95 bits per heavy atom. The van der Waals surface area contributed by atoms with E-state index in [2.05, 4.69) is 0 Å². The fourth-order valence-corrected chi connectivity index (χ4v) is 2.10. The number of nitrogens with zero attached hydrogens (tertiary/aromatic N) is 1. The van der Waals surface area contributed by atoms with Crippen LogP contribution < -0.4 is 0 Å². The zero-order valence-corrected chi connectivity index (χ0v) is 11.8. The first-order valence-corrected chi connectivity index (χ1v) is 6.41. The summed E-state index contributed by atoms with van der Waals surface area (Å²) >= 11 is 0. The number of hydrogen-bond acceptors (Lipinski definition) is 3. The Bertz CT molecular complexity index is 516. The fourth-order valence-electron chi connectivity index (χ4n) is 2.10. The Balaban J connectivity index is 2.13. The smallest absolute Gasteiger partial charge is 0.329 e. The van der Waals surface area contributed by atoms with E-state index in [9.17, 15) is 9.59 Å². The molecular weight excluding hydrogens is 242 g/mol. The number of rotatable bonds is 2. The van der Waals surface area contributed by atoms with Crippen molar-refractivity contribution in [3.8, 4) is 0 Å². The third kappa shape index (κ3) is 2.78. The van der Waals surface area contributed by atoms with Crippen LogP contribution in [0.4, 0.5) is 0 Å². The van der Waals surface area contributed by atoms with Gasteiger partial charge in [-0.05, 0) is 39.3 Å². The van der Waals surface area contributed by atoms with Crippen LogP contribution in [0.2, 0.25) is 0 Å². The van der Waals surface area contributed by atoms with Gasteiger partial charge in [0.05, 0.1) is 0 Å². The molecule has 0 aromatic heterocycles. The summed E-state index contributed by atoms with van der Waals surface area (Å²) in [6.07, 6.45) is 0. The van der Waals surface area contributed by atoms with E-state index in [1.54, 1.807) is 17.9 Å². The summed E-state index contributed by atoms with van der Waals surface area (Å²) in [5.41, 5.74) is 1.10. The maximum atomic E-state index is 12.2. The van der Waals surface area contributed by atoms with Gasteiger partial charge in [0.1, 0.15) is 11.6 Å². The maximum Gasteiger partial charge on any atom is 0.329 e. The molecule has 4 heteroatoms. The molecule has 0 bridgehead atoms. The molecule has 1 aliphatic heterocycles. The molecule has 1 amide bonds. The molecule has 1 heterocycles. The summed E-state index contributed by atoms with van der Waals surface area (Å²) in [4.78, 5) is 25.8. The Labute approximate surface area is 113 Å². The highest BCUT2D eigenvalue weighted by atomic mass is 16.6. The lowest BCUT2D eigenvalue weighted by Gasteiger charge is -2.27. The van der Waals surface area contributed by atoms with Crippen molar-refractivity contribution < 1.29 is 14.3 Å². The molecule has 1 aliphatic rings. The van der Waals surface area contributed by atoms with Gasteiger partial charge < -0.3 is 9.64 Å². The highest BCUT2D eigenvalue weighted by molar-refractivity contribution is 6.00. The van der Waals surface area contributed by atoms with Gasteiger partial charge in [-0.15, -0.1) is 0 Å². The summed E-state index contributed by atoms with van der Waals surface area (Å²) in [5.74, 6) is -0.470. The van der Waals surface area contributed by atoms with E-state index in [0.29, 0.717) is 12.1 Å². The average molecular weight is 261 g/mol. The monoisotopic (exact) mass is 261 g/mol. The number of hydrogen-bond donors (Lipinski definition) is 0. The normalized spacial score (nSPS) is 16.2. The van der Waals surface area contributed by atoms with Gasteiger partial charge in [-0.1, -0.05) is 18.2 Å². The zero-order valence-electron chi connectivity index (χ0n) is 11.8. The van der Waals surface area contributed by atoms with Gasteiger partial charge in [0.25, 0.3) is 5.91 Å². The van der Waals surface area contributed by atoms with Gasteiger partial charge >= 0.3 is 5.97 Å². The SMILES string of the molecule is CC(C(=O)OC(C)(C)C)N1Cc2ccccc2C1=O. The molecule has 0 radical (unpaired) electrons. The van der Waals surface area contributed by atoms with Crippen molar-refractivity contribution in [3.63, 3.8) is 0 Å². The van der Waals surface area contributed by atoms with Gasteiger partial charge in [-0.2, -0.15) is 0 Å². The minimum atomic E-state index is -0.570. The number of esters is 1. The average Bonchev–Trinajstić information content (AvgIpc) is 2.64. The van der Waals surface area contributed by atoms with Crippen LogP contribution in [0.5, 0.6) is 0 Å². The number of fused-ring (bicyclic) bond motifs is 1. The highest BCUT2D eigenvalue weighted by Crippen LogP contribution is 2.25. The standard InChI is InChI=1S/C15H19NO3/c1-10(14(18)19-15(2,3)4)16-9-11-7-5-6-8-12(11)13(16)17/h5-8,10H,9H2,1-4H3. The number of ether oxygens (including phenoxy) is 1. The third-order valence-corrected chi connectivity index (χ3v) is 3.06. The van der Waals surface area contributed by atoms with Gasteiger partial charge in [-0.25, -0.2) is 4.79 Å². The Hall–Kier alpha value is -1.84. The number of benzene rings is 1. The van der Waals surface area contributed by atoms with Crippen molar-refractivity contribution in [1.82, 2.24) is 4.90 Å². The summed E-state index contributed by atoms with van der Waals surface area (Å²) in [7, 11) is 0. The van der Waals surface area contributed by atoms with E-state index in [1.165, 1.54) is 0 Å². The lowest BCUT2D eigenvalue weighted by molar-refractivity contribution is -0.159. The van der Waals surface area contributed by atoms with E-state index in [4.69, 9.17) is 4.74 Å². The molecule has 1 unspecified atom stereocenters. The van der Waals surface area contributed by atoms with E-state index in [1.807, 2.05) is 39.0 Å². The minimum absolute atomic E-state index is 0.103. The third-order valence-electron chi connectivity index (χ3n) is 3.06. The molecule has 4 nitrogen and oxygen atoms in total. The van der Waals surface area contributed by atoms with Crippen molar-refractivity contribution in [2.45, 2.75) is 45.9 Å². The molecule has 102 valence electrons. The van der Waals surface area contributed by atoms with E-state index in [-0.39, 0.29) is 11.9 Å². The second kappa shape index (κ2) is 4.68. The highest BCUT2D eigenvalue weighted by Gasteiger charge is 2.35. The number of amides is 1. The molecular formula is C15H19NO3. The first-order valence-electron chi connectivity index (χ1n) is 6.41. The van der Waals surface area contributed by atoms with Crippen molar-refractivity contribution in [2.75, 3.05) is 0 Å². The largest absolute Gasteiger partial charge is 0.458 e. The summed E-state index contributed by atoms with van der Waals surface area (Å²) in [6.45, 7) is 7.63. The van der Waals surface area contributed by atoms with Crippen LogP contribution >= 0.6 is 0 Å². The van der Waals surface area contributed by atoms with Crippen molar-refractivity contribution in [2.24, 2.45) is 0 Å². The lowest BCUT2D eigenvalue weighted by Crippen LogP contribution is -2.42. The predicted molar refractivity (Wildman–Crippen MR) is 71.6 cm³/mol. The molecule has 0 saturated carbocycles. The molecule has 0 spiro atoms. The van der Waals surface area contributed by atoms with Gasteiger partial charge in [-0.3, -0.25) is 4.79 Å². The molecule has 1 aromatic carbocycles. The molecule has 0 fully saturated rings. The fraction of sp³-hybridized carbons (Fsp3) is 0.467. The first kappa shape index (κ1) is 13.6. The van der Waals surface area contributed by atoms with Crippen molar-refractivity contribution in [1.29, 1.82) is 0 Å². The van der Waals surface area contributed by atoms with Crippen LogP contribution in [0.15, 0.2) is 24.3 Å². The van der Waals surface area contributed by atoms with E-state index < -0.39 is 11.6 Å². The molecule has 19 heavy (non-hydrogen) atoms. The van der Waals surface area contributed by atoms with Crippen molar-refractivity contribution >= 4 is 11.9 Å². The first-order chi connectivity index (χ1) is 8.79. The van der Waals surface area contributed by atoms with Crippen LogP contribution in [0.3, 0.4) is 0 Å². The molecule has 0 N–H and O–H groups in total. The van der Waals surface area contributed by atoms with Crippen LogP contribution in [0.1, 0.15) is 43.6 Å². The predicted octanol–water partition coefficient (Wildman–Crippen LogP) is 2.37. The molecule has 0 saturated heterocycles. The van der Waals surface area contributed by atoms with Crippen LogP contribution in [-0.2, 0) is 16.1 Å². The van der Waals surface area contributed by atoms with Crippen LogP contribution in [0, 0.1) is 0 Å². The topological polar surface area (TPSA) is 46.6 Å². The zero-order chi connectivity index (χ0) is 14.2. The van der Waals surface area contributed by atoms with Gasteiger partial charge in [0.2, 0.25) is 0 Å². The summed E-state index contributed by atoms with van der Waals surface area (Å²) < 4.78 is 5.33. The van der Waals surface area contributed by atoms with Gasteiger partial charge in [0, 0.05) is 12.1 Å². The van der Waals surface area contributed by atoms with Gasteiger partial charge in [0.15, 0.2) is 0 Å². The quantitative estimate of drug-likeness (QED) is 0.768. The Kier molecular flexibility index (Phi) is 3.35. The Morgan fingerprint density at radius 1 is 1.32 bits per heavy atom. The number of carbonyl (C=O) groups excluding carboxylic acids is 2. The summed E-state index contributed by atoms with van der Waals surface area (Å²) in [6, 6.07) is 6.86. The molecule has 0 aliphatic carbocycles. The summed E-state index contributed by atoms with van der Waals surface area (Å²) in [5, 5.41) is 0. The molecule has 2 rings (SSSR count). The second-order valence-corrected chi connectivity index (χ2v) is 5.80. The van der Waals surface area contributed by atoms with E-state index >= 15 is 0 Å². The Morgan fingerprint density at radius 3 is 2.53 bits per heavy atom. The maximum absolute atomic E-state index is 12.2. The molecule has 1 atom stereocenters. The van der Waals surface area contributed by atoms with Crippen LogP contribution in [-0.4, -0.2) is 28.4 Å². The van der Waals surface area contributed by atoms with E-state index in [0.717, 1.165) is 5.56 Å². The number of carbonyl (C=O) groups is 2. The minimum Gasteiger partial charge on any atom is -0.458 e. The lowest BCUT2D eigenvalue weighted by atomic mass is 10.1. The second-order valence-electron chi connectivity index (χ2n) is 5.80. The molecule has 1 aromatic rings. The van der Waals surface area contributed by atoms with Crippen molar-refractivity contribution in [3.05, 3.63) is 35.4 Å². The van der Waals surface area contributed by atoms with Crippen LogP contribution in [0.25, 0.3) is 0 Å².